The van der Waals surface area contributed by atoms with Crippen molar-refractivity contribution in [1.82, 2.24) is 0 Å². The molecule has 0 amide bonds. The zero-order chi connectivity index (χ0) is 12.8. The fourth-order valence-electron chi connectivity index (χ4n) is 1.81. The standard InChI is InChI=1S/C15H16ClNO/c1-2-9-17-10-11-18-14-8-7-12-5-3-4-6-13(12)15(14)16/h2-8,17H,1,9-11H2/p+1. The lowest BCUT2D eigenvalue weighted by Crippen LogP contribution is -2.85. The van der Waals surface area contributed by atoms with Gasteiger partial charge < -0.3 is 10.1 Å². The Bertz CT molecular complexity index is 539. The molecule has 3 heteroatoms. The minimum atomic E-state index is 0.645. The van der Waals surface area contributed by atoms with E-state index in [-0.39, 0.29) is 0 Å². The number of ether oxygens (including phenoxy) is 1. The first-order valence-corrected chi connectivity index (χ1v) is 6.43. The van der Waals surface area contributed by atoms with Crippen LogP contribution in [0.2, 0.25) is 5.02 Å². The second kappa shape index (κ2) is 6.43. The predicted molar refractivity (Wildman–Crippen MR) is 76.3 cm³/mol. The highest BCUT2D eigenvalue weighted by Gasteiger charge is 2.06. The van der Waals surface area contributed by atoms with Gasteiger partial charge in [0.25, 0.3) is 0 Å². The van der Waals surface area contributed by atoms with Crippen molar-refractivity contribution in [1.29, 1.82) is 0 Å². The summed E-state index contributed by atoms with van der Waals surface area (Å²) in [5.74, 6) is 0.752. The molecule has 0 aliphatic carbocycles. The lowest BCUT2D eigenvalue weighted by molar-refractivity contribution is -0.646. The summed E-state index contributed by atoms with van der Waals surface area (Å²) in [7, 11) is 0. The molecule has 0 spiro atoms. The van der Waals surface area contributed by atoms with Crippen LogP contribution in [-0.2, 0) is 0 Å². The van der Waals surface area contributed by atoms with Crippen LogP contribution in [0.5, 0.6) is 5.75 Å². The topological polar surface area (TPSA) is 25.8 Å². The normalized spacial score (nSPS) is 10.5. The Labute approximate surface area is 112 Å². The maximum atomic E-state index is 6.33. The minimum Gasteiger partial charge on any atom is -0.486 e. The van der Waals surface area contributed by atoms with Gasteiger partial charge in [0.2, 0.25) is 0 Å². The average molecular weight is 263 g/mol. The summed E-state index contributed by atoms with van der Waals surface area (Å²) < 4.78 is 5.69. The van der Waals surface area contributed by atoms with Gasteiger partial charge in [-0.1, -0.05) is 48.5 Å². The predicted octanol–water partition coefficient (Wildman–Crippen LogP) is 2.62. The van der Waals surface area contributed by atoms with Crippen molar-refractivity contribution < 1.29 is 10.1 Å². The molecule has 2 aromatic rings. The van der Waals surface area contributed by atoms with Gasteiger partial charge in [-0.25, -0.2) is 0 Å². The van der Waals surface area contributed by atoms with Crippen molar-refractivity contribution in [2.75, 3.05) is 19.7 Å². The molecule has 0 saturated heterocycles. The first-order valence-electron chi connectivity index (χ1n) is 6.05. The number of halogens is 1. The average Bonchev–Trinajstić information content (AvgIpc) is 2.41. The highest BCUT2D eigenvalue weighted by Crippen LogP contribution is 2.32. The van der Waals surface area contributed by atoms with E-state index in [1.165, 1.54) is 0 Å². The van der Waals surface area contributed by atoms with Crippen LogP contribution < -0.4 is 10.1 Å². The molecule has 0 heterocycles. The summed E-state index contributed by atoms with van der Waals surface area (Å²) in [6, 6.07) is 12.0. The lowest BCUT2D eigenvalue weighted by Gasteiger charge is -2.09. The number of benzene rings is 2. The quantitative estimate of drug-likeness (QED) is 0.629. The van der Waals surface area contributed by atoms with E-state index in [0.29, 0.717) is 11.6 Å². The van der Waals surface area contributed by atoms with Gasteiger partial charge in [-0.3, -0.25) is 0 Å². The van der Waals surface area contributed by atoms with E-state index in [4.69, 9.17) is 16.3 Å². The molecule has 2 rings (SSSR count). The van der Waals surface area contributed by atoms with Gasteiger partial charge in [0.05, 0.1) is 11.6 Å². The molecular formula is C15H17ClNO+. The SMILES string of the molecule is C=CC[NH2+]CCOc1ccc2ccccc2c1Cl. The fourth-order valence-corrected chi connectivity index (χ4v) is 2.10. The summed E-state index contributed by atoms with van der Waals surface area (Å²) in [6.45, 7) is 6.13. The van der Waals surface area contributed by atoms with E-state index in [9.17, 15) is 0 Å². The highest BCUT2D eigenvalue weighted by atomic mass is 35.5. The molecule has 0 unspecified atom stereocenters. The second-order valence-electron chi connectivity index (χ2n) is 4.05. The summed E-state index contributed by atoms with van der Waals surface area (Å²) >= 11 is 6.33. The van der Waals surface area contributed by atoms with Crippen LogP contribution in [0.25, 0.3) is 10.8 Å². The smallest absolute Gasteiger partial charge is 0.138 e. The summed E-state index contributed by atoms with van der Waals surface area (Å²) in [6.07, 6.45) is 1.88. The molecule has 94 valence electrons. The molecular weight excluding hydrogens is 246 g/mol. The first-order chi connectivity index (χ1) is 8.83. The van der Waals surface area contributed by atoms with Crippen LogP contribution >= 0.6 is 11.6 Å². The molecule has 18 heavy (non-hydrogen) atoms. The van der Waals surface area contributed by atoms with Crippen molar-refractivity contribution in [2.24, 2.45) is 0 Å². The van der Waals surface area contributed by atoms with Crippen LogP contribution in [0.4, 0.5) is 0 Å². The molecule has 2 nitrogen and oxygen atoms in total. The van der Waals surface area contributed by atoms with Crippen molar-refractivity contribution in [3.8, 4) is 5.75 Å². The number of fused-ring (bicyclic) bond motifs is 1. The van der Waals surface area contributed by atoms with Crippen molar-refractivity contribution in [3.63, 3.8) is 0 Å². The number of quaternary nitrogens is 1. The third-order valence-corrected chi connectivity index (χ3v) is 3.13. The van der Waals surface area contributed by atoms with Crippen LogP contribution in [-0.4, -0.2) is 19.7 Å². The van der Waals surface area contributed by atoms with Gasteiger partial charge in [0.15, 0.2) is 0 Å². The maximum absolute atomic E-state index is 6.33. The molecule has 0 fully saturated rings. The van der Waals surface area contributed by atoms with E-state index in [1.54, 1.807) is 0 Å². The zero-order valence-electron chi connectivity index (χ0n) is 10.2. The van der Waals surface area contributed by atoms with Gasteiger partial charge in [-0.15, -0.1) is 0 Å². The Hall–Kier alpha value is -1.51. The molecule has 0 saturated carbocycles. The monoisotopic (exact) mass is 262 g/mol. The molecule has 0 aromatic heterocycles. The molecule has 2 N–H and O–H groups in total. The van der Waals surface area contributed by atoms with E-state index >= 15 is 0 Å². The van der Waals surface area contributed by atoms with Crippen molar-refractivity contribution >= 4 is 22.4 Å². The first kappa shape index (κ1) is 12.9. The molecule has 0 radical (unpaired) electrons. The summed E-state index contributed by atoms with van der Waals surface area (Å²) in [5.41, 5.74) is 0. The molecule has 0 atom stereocenters. The molecule has 0 bridgehead atoms. The Kier molecular flexibility index (Phi) is 4.62. The number of hydrogen-bond acceptors (Lipinski definition) is 1. The minimum absolute atomic E-state index is 0.645. The van der Waals surface area contributed by atoms with E-state index < -0.39 is 0 Å². The Morgan fingerprint density at radius 1 is 1.22 bits per heavy atom. The van der Waals surface area contributed by atoms with Crippen LogP contribution in [0.1, 0.15) is 0 Å². The van der Waals surface area contributed by atoms with Gasteiger partial charge in [0.1, 0.15) is 18.9 Å². The third kappa shape index (κ3) is 3.03. The maximum Gasteiger partial charge on any atom is 0.138 e. The molecule has 2 aromatic carbocycles. The van der Waals surface area contributed by atoms with Crippen LogP contribution in [0, 0.1) is 0 Å². The summed E-state index contributed by atoms with van der Waals surface area (Å²) in [5, 5.41) is 5.00. The largest absolute Gasteiger partial charge is 0.486 e. The Balaban J connectivity index is 2.05. The van der Waals surface area contributed by atoms with Gasteiger partial charge in [-0.05, 0) is 17.5 Å². The summed E-state index contributed by atoms with van der Waals surface area (Å²) in [4.78, 5) is 0. The third-order valence-electron chi connectivity index (χ3n) is 2.74. The Morgan fingerprint density at radius 2 is 2.06 bits per heavy atom. The van der Waals surface area contributed by atoms with Crippen LogP contribution in [0.3, 0.4) is 0 Å². The lowest BCUT2D eigenvalue weighted by atomic mass is 10.1. The van der Waals surface area contributed by atoms with E-state index in [2.05, 4.69) is 11.9 Å². The fraction of sp³-hybridized carbons (Fsp3) is 0.200. The van der Waals surface area contributed by atoms with E-state index in [0.717, 1.165) is 29.6 Å². The number of hydrogen-bond donors (Lipinski definition) is 1. The van der Waals surface area contributed by atoms with Gasteiger partial charge >= 0.3 is 0 Å². The zero-order valence-corrected chi connectivity index (χ0v) is 11.0. The highest BCUT2D eigenvalue weighted by molar-refractivity contribution is 6.37. The molecule has 0 aliphatic heterocycles. The van der Waals surface area contributed by atoms with Gasteiger partial charge in [-0.2, -0.15) is 0 Å². The van der Waals surface area contributed by atoms with Crippen molar-refractivity contribution in [2.45, 2.75) is 0 Å². The van der Waals surface area contributed by atoms with Gasteiger partial charge in [0, 0.05) is 5.39 Å². The molecule has 0 aliphatic rings. The van der Waals surface area contributed by atoms with E-state index in [1.807, 2.05) is 42.5 Å². The Morgan fingerprint density at radius 3 is 2.89 bits per heavy atom. The second-order valence-corrected chi connectivity index (χ2v) is 4.43. The number of rotatable bonds is 6. The number of nitrogens with two attached hydrogens (primary N) is 1. The van der Waals surface area contributed by atoms with Crippen LogP contribution in [0.15, 0.2) is 49.1 Å². The van der Waals surface area contributed by atoms with Crippen molar-refractivity contribution in [3.05, 3.63) is 54.1 Å².